The van der Waals surface area contributed by atoms with E-state index >= 15 is 0 Å². The quantitative estimate of drug-likeness (QED) is 0.441. The molecule has 3 rings (SSSR count). The van der Waals surface area contributed by atoms with Crippen LogP contribution >= 0.6 is 0 Å². The first-order valence-electron chi connectivity index (χ1n) is 9.55. The highest BCUT2D eigenvalue weighted by molar-refractivity contribution is 5.80. The van der Waals surface area contributed by atoms with Gasteiger partial charge in [0.15, 0.2) is 17.6 Å². The van der Waals surface area contributed by atoms with Gasteiger partial charge in [0, 0.05) is 51.2 Å². The van der Waals surface area contributed by atoms with E-state index in [2.05, 4.69) is 25.7 Å². The number of halogens is 1. The lowest BCUT2D eigenvalue weighted by molar-refractivity contribution is 0.581. The summed E-state index contributed by atoms with van der Waals surface area (Å²) in [5, 5.41) is 11.0. The Balaban J connectivity index is 1.49. The van der Waals surface area contributed by atoms with Crippen LogP contribution in [-0.2, 0) is 6.54 Å². The minimum absolute atomic E-state index is 0.220. The van der Waals surface area contributed by atoms with Crippen molar-refractivity contribution in [3.63, 3.8) is 0 Å². The van der Waals surface area contributed by atoms with E-state index in [-0.39, 0.29) is 11.9 Å². The molecule has 2 N–H and O–H groups in total. The SMILES string of the molecule is CCNC(=NCCCn1cc(C)cn1)NC1CCN(c2ncccc2F)C1. The van der Waals surface area contributed by atoms with Crippen LogP contribution < -0.4 is 15.5 Å². The standard InChI is InChI=1S/C19H28FN7/c1-3-21-19(23-9-5-10-27-13-15(2)12-24-27)25-16-7-11-26(14-16)18-17(20)6-4-8-22-18/h4,6,8,12-13,16H,3,5,7,9-11,14H2,1-2H3,(H2,21,23,25). The highest BCUT2D eigenvalue weighted by atomic mass is 19.1. The molecule has 2 aromatic heterocycles. The van der Waals surface area contributed by atoms with Gasteiger partial charge in [-0.2, -0.15) is 5.10 Å². The lowest BCUT2D eigenvalue weighted by Crippen LogP contribution is -2.44. The van der Waals surface area contributed by atoms with E-state index in [1.165, 1.54) is 11.6 Å². The molecule has 0 bridgehead atoms. The number of aryl methyl sites for hydroxylation is 2. The molecule has 0 spiro atoms. The molecule has 1 fully saturated rings. The van der Waals surface area contributed by atoms with Gasteiger partial charge in [0.2, 0.25) is 0 Å². The second kappa shape index (κ2) is 9.34. The molecule has 0 saturated carbocycles. The summed E-state index contributed by atoms with van der Waals surface area (Å²) in [5.41, 5.74) is 1.17. The van der Waals surface area contributed by atoms with Gasteiger partial charge < -0.3 is 15.5 Å². The van der Waals surface area contributed by atoms with Gasteiger partial charge in [0.05, 0.1) is 6.20 Å². The van der Waals surface area contributed by atoms with Gasteiger partial charge in [-0.15, -0.1) is 0 Å². The molecular formula is C19H28FN7. The Bertz CT molecular complexity index is 758. The topological polar surface area (TPSA) is 70.4 Å². The molecule has 1 aliphatic rings. The Hall–Kier alpha value is -2.64. The van der Waals surface area contributed by atoms with Gasteiger partial charge in [-0.3, -0.25) is 9.67 Å². The highest BCUT2D eigenvalue weighted by Gasteiger charge is 2.25. The van der Waals surface area contributed by atoms with E-state index in [4.69, 9.17) is 0 Å². The van der Waals surface area contributed by atoms with Crippen LogP contribution in [0.15, 0.2) is 35.7 Å². The summed E-state index contributed by atoms with van der Waals surface area (Å²) in [5.74, 6) is 0.966. The zero-order valence-electron chi connectivity index (χ0n) is 16.0. The fourth-order valence-electron chi connectivity index (χ4n) is 3.21. The van der Waals surface area contributed by atoms with Crippen molar-refractivity contribution in [3.05, 3.63) is 42.1 Å². The highest BCUT2D eigenvalue weighted by Crippen LogP contribution is 2.20. The molecule has 146 valence electrons. The molecule has 27 heavy (non-hydrogen) atoms. The maximum atomic E-state index is 13.9. The number of guanidine groups is 1. The van der Waals surface area contributed by atoms with Crippen molar-refractivity contribution in [2.75, 3.05) is 31.1 Å². The van der Waals surface area contributed by atoms with Gasteiger partial charge in [-0.25, -0.2) is 9.37 Å². The third-order valence-electron chi connectivity index (χ3n) is 4.49. The summed E-state index contributed by atoms with van der Waals surface area (Å²) in [6.45, 7) is 7.96. The number of aliphatic imine (C=N–C) groups is 1. The molecule has 0 radical (unpaired) electrons. The molecule has 8 heteroatoms. The summed E-state index contributed by atoms with van der Waals surface area (Å²) >= 11 is 0. The fourth-order valence-corrected chi connectivity index (χ4v) is 3.21. The smallest absolute Gasteiger partial charge is 0.191 e. The largest absolute Gasteiger partial charge is 0.357 e. The first-order valence-corrected chi connectivity index (χ1v) is 9.55. The average molecular weight is 373 g/mol. The van der Waals surface area contributed by atoms with Gasteiger partial charge in [0.25, 0.3) is 0 Å². The minimum atomic E-state index is -0.271. The predicted octanol–water partition coefficient (Wildman–Crippen LogP) is 1.95. The monoisotopic (exact) mass is 373 g/mol. The zero-order valence-corrected chi connectivity index (χ0v) is 16.0. The van der Waals surface area contributed by atoms with Crippen LogP contribution in [0.1, 0.15) is 25.3 Å². The minimum Gasteiger partial charge on any atom is -0.357 e. The van der Waals surface area contributed by atoms with Crippen molar-refractivity contribution in [3.8, 4) is 0 Å². The summed E-state index contributed by atoms with van der Waals surface area (Å²) in [6, 6.07) is 3.29. The molecule has 2 aromatic rings. The maximum Gasteiger partial charge on any atom is 0.191 e. The summed E-state index contributed by atoms with van der Waals surface area (Å²) < 4.78 is 15.9. The third-order valence-corrected chi connectivity index (χ3v) is 4.49. The van der Waals surface area contributed by atoms with Crippen molar-refractivity contribution >= 4 is 11.8 Å². The second-order valence-electron chi connectivity index (χ2n) is 6.78. The first-order chi connectivity index (χ1) is 13.2. The molecule has 1 unspecified atom stereocenters. The fraction of sp³-hybridized carbons (Fsp3) is 0.526. The normalized spacial score (nSPS) is 17.4. The van der Waals surface area contributed by atoms with Gasteiger partial charge >= 0.3 is 0 Å². The number of nitrogens with zero attached hydrogens (tertiary/aromatic N) is 5. The van der Waals surface area contributed by atoms with E-state index in [0.29, 0.717) is 12.4 Å². The average Bonchev–Trinajstić information content (AvgIpc) is 3.28. The lowest BCUT2D eigenvalue weighted by Gasteiger charge is -2.19. The molecule has 0 aromatic carbocycles. The lowest BCUT2D eigenvalue weighted by atomic mass is 10.3. The Morgan fingerprint density at radius 3 is 3.07 bits per heavy atom. The second-order valence-corrected chi connectivity index (χ2v) is 6.78. The number of pyridine rings is 1. The maximum absolute atomic E-state index is 13.9. The van der Waals surface area contributed by atoms with Crippen molar-refractivity contribution in [1.82, 2.24) is 25.4 Å². The van der Waals surface area contributed by atoms with E-state index in [1.54, 1.807) is 12.3 Å². The number of anilines is 1. The van der Waals surface area contributed by atoms with Crippen LogP contribution in [0.2, 0.25) is 0 Å². The molecule has 0 aliphatic carbocycles. The van der Waals surface area contributed by atoms with Crippen molar-refractivity contribution in [2.24, 2.45) is 4.99 Å². The molecule has 1 atom stereocenters. The Labute approximate surface area is 159 Å². The van der Waals surface area contributed by atoms with E-state index < -0.39 is 0 Å². The van der Waals surface area contributed by atoms with E-state index in [9.17, 15) is 4.39 Å². The third kappa shape index (κ3) is 5.42. The molecule has 1 aliphatic heterocycles. The van der Waals surface area contributed by atoms with Gasteiger partial charge in [0.1, 0.15) is 0 Å². The van der Waals surface area contributed by atoms with Crippen LogP contribution in [-0.4, -0.2) is 52.9 Å². The zero-order chi connectivity index (χ0) is 19.1. The molecular weight excluding hydrogens is 345 g/mol. The summed E-state index contributed by atoms with van der Waals surface area (Å²) in [4.78, 5) is 10.8. The molecule has 3 heterocycles. The Kier molecular flexibility index (Phi) is 6.62. The number of hydrogen-bond donors (Lipinski definition) is 2. The number of hydrogen-bond acceptors (Lipinski definition) is 4. The van der Waals surface area contributed by atoms with E-state index in [1.807, 2.05) is 35.8 Å². The number of rotatable bonds is 7. The first kappa shape index (κ1) is 19.1. The Morgan fingerprint density at radius 1 is 1.44 bits per heavy atom. The number of nitrogens with one attached hydrogen (secondary N) is 2. The molecule has 7 nitrogen and oxygen atoms in total. The van der Waals surface area contributed by atoms with Crippen molar-refractivity contribution in [2.45, 2.75) is 39.3 Å². The van der Waals surface area contributed by atoms with E-state index in [0.717, 1.165) is 45.0 Å². The summed E-state index contributed by atoms with van der Waals surface area (Å²) in [6.07, 6.45) is 7.38. The molecule has 0 amide bonds. The van der Waals surface area contributed by atoms with Crippen molar-refractivity contribution < 1.29 is 4.39 Å². The predicted molar refractivity (Wildman–Crippen MR) is 106 cm³/mol. The van der Waals surface area contributed by atoms with Crippen LogP contribution in [0.3, 0.4) is 0 Å². The van der Waals surface area contributed by atoms with Crippen molar-refractivity contribution in [1.29, 1.82) is 0 Å². The number of aromatic nitrogens is 3. The Morgan fingerprint density at radius 2 is 2.33 bits per heavy atom. The van der Waals surface area contributed by atoms with Crippen LogP contribution in [0.5, 0.6) is 0 Å². The van der Waals surface area contributed by atoms with Crippen LogP contribution in [0.25, 0.3) is 0 Å². The van der Waals surface area contributed by atoms with Crippen LogP contribution in [0.4, 0.5) is 10.2 Å². The molecule has 1 saturated heterocycles. The van der Waals surface area contributed by atoms with Gasteiger partial charge in [-0.05, 0) is 44.4 Å². The summed E-state index contributed by atoms with van der Waals surface area (Å²) in [7, 11) is 0. The van der Waals surface area contributed by atoms with Gasteiger partial charge in [-0.1, -0.05) is 0 Å². The van der Waals surface area contributed by atoms with Crippen LogP contribution in [0, 0.1) is 12.7 Å².